The molecule has 0 spiro atoms. The molecule has 0 atom stereocenters. The van der Waals surface area contributed by atoms with Crippen molar-refractivity contribution in [1.29, 1.82) is 0 Å². The van der Waals surface area contributed by atoms with Crippen LogP contribution in [0.4, 0.5) is 18.9 Å². The summed E-state index contributed by atoms with van der Waals surface area (Å²) < 4.78 is 64.0. The summed E-state index contributed by atoms with van der Waals surface area (Å²) in [6, 6.07) is 5.31. The predicted octanol–water partition coefficient (Wildman–Crippen LogP) is 2.01. The van der Waals surface area contributed by atoms with E-state index in [-0.39, 0.29) is 18.0 Å². The van der Waals surface area contributed by atoms with Crippen molar-refractivity contribution >= 4 is 15.7 Å². The first-order valence-corrected chi connectivity index (χ1v) is 8.91. The average Bonchev–Trinajstić information content (AvgIpc) is 2.62. The molecule has 2 aromatic rings. The number of piperazine rings is 1. The second-order valence-electron chi connectivity index (χ2n) is 5.48. The van der Waals surface area contributed by atoms with Gasteiger partial charge in [0, 0.05) is 38.6 Å². The smallest absolute Gasteiger partial charge is 0.368 e. The second-order valence-corrected chi connectivity index (χ2v) is 7.42. The van der Waals surface area contributed by atoms with Crippen LogP contribution in [0.1, 0.15) is 5.69 Å². The first-order chi connectivity index (χ1) is 11.8. The fourth-order valence-corrected chi connectivity index (χ4v) is 3.96. The van der Waals surface area contributed by atoms with Crippen LogP contribution in [0.2, 0.25) is 0 Å². The second kappa shape index (κ2) is 6.60. The van der Waals surface area contributed by atoms with Crippen LogP contribution in [0, 0.1) is 0 Å². The van der Waals surface area contributed by atoms with Crippen molar-refractivity contribution in [2.75, 3.05) is 31.1 Å². The van der Waals surface area contributed by atoms with Gasteiger partial charge in [-0.05, 0) is 24.3 Å². The fraction of sp³-hybridized carbons (Fsp3) is 0.333. The monoisotopic (exact) mass is 372 g/mol. The Morgan fingerprint density at radius 2 is 1.72 bits per heavy atom. The van der Waals surface area contributed by atoms with Crippen molar-refractivity contribution in [1.82, 2.24) is 14.3 Å². The van der Waals surface area contributed by atoms with Crippen LogP contribution in [0.3, 0.4) is 0 Å². The highest BCUT2D eigenvalue weighted by atomic mass is 32.2. The largest absolute Gasteiger partial charge is 0.433 e. The Labute approximate surface area is 143 Å². The Morgan fingerprint density at radius 3 is 2.24 bits per heavy atom. The zero-order valence-electron chi connectivity index (χ0n) is 13.0. The maximum Gasteiger partial charge on any atom is 0.433 e. The molecule has 1 fully saturated rings. The van der Waals surface area contributed by atoms with Gasteiger partial charge in [0.2, 0.25) is 10.0 Å². The summed E-state index contributed by atoms with van der Waals surface area (Å²) in [5.41, 5.74) is -0.416. The SMILES string of the molecule is O=S(=O)(c1cccnc1)N1CCN(c2ccc(C(F)(F)F)nc2)CC1. The third-order valence-electron chi connectivity index (χ3n) is 3.91. The molecule has 0 aromatic carbocycles. The number of anilines is 1. The molecular weight excluding hydrogens is 357 g/mol. The minimum Gasteiger partial charge on any atom is -0.368 e. The van der Waals surface area contributed by atoms with Crippen LogP contribution < -0.4 is 4.90 Å². The highest BCUT2D eigenvalue weighted by Gasteiger charge is 2.33. The van der Waals surface area contributed by atoms with Crippen molar-refractivity contribution in [3.05, 3.63) is 48.5 Å². The van der Waals surface area contributed by atoms with Crippen LogP contribution in [-0.2, 0) is 16.2 Å². The molecule has 3 heterocycles. The summed E-state index contributed by atoms with van der Waals surface area (Å²) in [5, 5.41) is 0. The summed E-state index contributed by atoms with van der Waals surface area (Å²) in [6.45, 7) is 1.20. The first kappa shape index (κ1) is 17.6. The molecule has 0 amide bonds. The molecule has 1 aliphatic heterocycles. The van der Waals surface area contributed by atoms with Gasteiger partial charge in [-0.2, -0.15) is 17.5 Å². The number of alkyl halides is 3. The molecule has 10 heteroatoms. The van der Waals surface area contributed by atoms with E-state index in [2.05, 4.69) is 9.97 Å². The van der Waals surface area contributed by atoms with Crippen molar-refractivity contribution in [3.63, 3.8) is 0 Å². The van der Waals surface area contributed by atoms with Crippen LogP contribution in [0.15, 0.2) is 47.8 Å². The predicted molar refractivity (Wildman–Crippen MR) is 84.4 cm³/mol. The van der Waals surface area contributed by atoms with Crippen molar-refractivity contribution in [2.45, 2.75) is 11.1 Å². The number of pyridine rings is 2. The fourth-order valence-electron chi connectivity index (χ4n) is 2.58. The molecule has 6 nitrogen and oxygen atoms in total. The molecule has 0 radical (unpaired) electrons. The zero-order valence-corrected chi connectivity index (χ0v) is 13.8. The standard InChI is InChI=1S/C15H15F3N4O2S/c16-15(17,18)14-4-3-12(10-20-14)21-6-8-22(9-7-21)25(23,24)13-2-1-5-19-11-13/h1-5,10-11H,6-9H2. The number of nitrogens with zero attached hydrogens (tertiary/aromatic N) is 4. The summed E-state index contributed by atoms with van der Waals surface area (Å²) in [4.78, 5) is 9.19. The minimum atomic E-state index is -4.48. The van der Waals surface area contributed by atoms with Crippen molar-refractivity contribution in [3.8, 4) is 0 Å². The van der Waals surface area contributed by atoms with Crippen LogP contribution >= 0.6 is 0 Å². The van der Waals surface area contributed by atoms with Gasteiger partial charge in [-0.3, -0.25) is 4.98 Å². The summed E-state index contributed by atoms with van der Waals surface area (Å²) in [7, 11) is -3.61. The van der Waals surface area contributed by atoms with E-state index in [1.807, 2.05) is 4.90 Å². The van der Waals surface area contributed by atoms with Crippen molar-refractivity contribution < 1.29 is 21.6 Å². The highest BCUT2D eigenvalue weighted by Crippen LogP contribution is 2.29. The quantitative estimate of drug-likeness (QED) is 0.825. The van der Waals surface area contributed by atoms with Gasteiger partial charge in [0.1, 0.15) is 10.6 Å². The molecular formula is C15H15F3N4O2S. The summed E-state index contributed by atoms with van der Waals surface area (Å²) in [6.07, 6.45) is -0.529. The summed E-state index contributed by atoms with van der Waals surface area (Å²) in [5.74, 6) is 0. The average molecular weight is 372 g/mol. The van der Waals surface area contributed by atoms with E-state index in [0.29, 0.717) is 18.8 Å². The van der Waals surface area contributed by atoms with E-state index in [0.717, 1.165) is 12.3 Å². The normalized spacial score (nSPS) is 16.8. The van der Waals surface area contributed by atoms with Gasteiger partial charge in [0.05, 0.1) is 11.9 Å². The van der Waals surface area contributed by atoms with E-state index in [4.69, 9.17) is 0 Å². The van der Waals surface area contributed by atoms with E-state index >= 15 is 0 Å². The van der Waals surface area contributed by atoms with Gasteiger partial charge in [-0.1, -0.05) is 0 Å². The maximum atomic E-state index is 12.6. The van der Waals surface area contributed by atoms with Crippen LogP contribution in [0.25, 0.3) is 0 Å². The van der Waals surface area contributed by atoms with E-state index in [9.17, 15) is 21.6 Å². The molecule has 0 saturated carbocycles. The van der Waals surface area contributed by atoms with Crippen molar-refractivity contribution in [2.24, 2.45) is 0 Å². The van der Waals surface area contributed by atoms with Gasteiger partial charge in [-0.25, -0.2) is 13.4 Å². The maximum absolute atomic E-state index is 12.6. The van der Waals surface area contributed by atoms with Gasteiger partial charge in [0.25, 0.3) is 0 Å². The third kappa shape index (κ3) is 3.74. The lowest BCUT2D eigenvalue weighted by molar-refractivity contribution is -0.141. The molecule has 0 aliphatic carbocycles. The van der Waals surface area contributed by atoms with Gasteiger partial charge in [0.15, 0.2) is 0 Å². The van der Waals surface area contributed by atoms with Crippen LogP contribution in [-0.4, -0.2) is 48.9 Å². The number of halogens is 3. The third-order valence-corrected chi connectivity index (χ3v) is 5.80. The first-order valence-electron chi connectivity index (χ1n) is 7.47. The zero-order chi connectivity index (χ0) is 18.1. The molecule has 2 aromatic heterocycles. The molecule has 1 aliphatic rings. The minimum absolute atomic E-state index is 0.125. The van der Waals surface area contributed by atoms with E-state index in [1.165, 1.54) is 28.8 Å². The molecule has 1 saturated heterocycles. The van der Waals surface area contributed by atoms with E-state index in [1.54, 1.807) is 6.07 Å². The molecule has 134 valence electrons. The molecule has 3 rings (SSSR count). The molecule has 0 bridgehead atoms. The topological polar surface area (TPSA) is 66.4 Å². The van der Waals surface area contributed by atoms with Gasteiger partial charge >= 0.3 is 6.18 Å². The van der Waals surface area contributed by atoms with Gasteiger partial charge in [-0.15, -0.1) is 0 Å². The van der Waals surface area contributed by atoms with Crippen LogP contribution in [0.5, 0.6) is 0 Å². The number of rotatable bonds is 3. The lowest BCUT2D eigenvalue weighted by Gasteiger charge is -2.35. The lowest BCUT2D eigenvalue weighted by atomic mass is 10.2. The Balaban J connectivity index is 1.68. The summed E-state index contributed by atoms with van der Waals surface area (Å²) >= 11 is 0. The Bertz CT molecular complexity index is 818. The highest BCUT2D eigenvalue weighted by molar-refractivity contribution is 7.89. The Morgan fingerprint density at radius 1 is 1.00 bits per heavy atom. The number of hydrogen-bond acceptors (Lipinski definition) is 5. The van der Waals surface area contributed by atoms with Gasteiger partial charge < -0.3 is 4.90 Å². The Kier molecular flexibility index (Phi) is 4.65. The lowest BCUT2D eigenvalue weighted by Crippen LogP contribution is -2.48. The van der Waals surface area contributed by atoms with E-state index < -0.39 is 21.9 Å². The Hall–Kier alpha value is -2.20. The number of aromatic nitrogens is 2. The number of sulfonamides is 1. The molecule has 0 unspecified atom stereocenters. The number of hydrogen-bond donors (Lipinski definition) is 0. The molecule has 0 N–H and O–H groups in total. The molecule has 25 heavy (non-hydrogen) atoms.